The topological polar surface area (TPSA) is 128 Å². The van der Waals surface area contributed by atoms with E-state index in [2.05, 4.69) is 46.1 Å². The lowest BCUT2D eigenvalue weighted by molar-refractivity contribution is -0.122. The Balaban J connectivity index is 1.26. The van der Waals surface area contributed by atoms with Crippen molar-refractivity contribution in [2.45, 2.75) is 25.4 Å². The highest BCUT2D eigenvalue weighted by Crippen LogP contribution is 2.20. The molecule has 11 nitrogen and oxygen atoms in total. The zero-order valence-corrected chi connectivity index (χ0v) is 18.7. The standard InChI is InChI=1S/C21H30N10O/c1-22-21(23-2)26-15-6-8-31(9-7-15)13-19(32)24-11-14-4-5-16-17(10-14)28-20(27-16)18-12-25-29-30(18)3/h4-5,10,12,15H,6-9,11,13H2,1-3H3,(H,24,32)(H,27,28)(H2,22,23,26). The summed E-state index contributed by atoms with van der Waals surface area (Å²) < 4.78 is 1.68. The van der Waals surface area contributed by atoms with Gasteiger partial charge in [0, 0.05) is 46.8 Å². The van der Waals surface area contributed by atoms with Crippen molar-refractivity contribution in [3.63, 3.8) is 0 Å². The molecule has 1 amide bonds. The van der Waals surface area contributed by atoms with Gasteiger partial charge in [-0.2, -0.15) is 0 Å². The maximum Gasteiger partial charge on any atom is 0.234 e. The van der Waals surface area contributed by atoms with Gasteiger partial charge in [0.25, 0.3) is 0 Å². The molecule has 4 rings (SSSR count). The first kappa shape index (κ1) is 21.8. The van der Waals surface area contributed by atoms with E-state index in [1.165, 1.54) is 0 Å². The molecule has 11 heteroatoms. The quantitative estimate of drug-likeness (QED) is 0.320. The minimum atomic E-state index is 0.0359. The van der Waals surface area contributed by atoms with E-state index >= 15 is 0 Å². The van der Waals surface area contributed by atoms with E-state index < -0.39 is 0 Å². The number of aromatic amines is 1. The zero-order valence-electron chi connectivity index (χ0n) is 18.7. The van der Waals surface area contributed by atoms with Crippen LogP contribution in [0.2, 0.25) is 0 Å². The Morgan fingerprint density at radius 1 is 1.31 bits per heavy atom. The lowest BCUT2D eigenvalue weighted by Crippen LogP contribution is -2.49. The van der Waals surface area contributed by atoms with Crippen molar-refractivity contribution in [3.8, 4) is 11.5 Å². The number of hydrogen-bond donors (Lipinski definition) is 4. The molecule has 0 bridgehead atoms. The molecule has 3 aromatic rings. The molecule has 0 saturated carbocycles. The van der Waals surface area contributed by atoms with Gasteiger partial charge in [0.15, 0.2) is 11.8 Å². The number of amides is 1. The van der Waals surface area contributed by atoms with E-state index in [0.29, 0.717) is 19.1 Å². The number of fused-ring (bicyclic) bond motifs is 1. The molecule has 0 aliphatic carbocycles. The van der Waals surface area contributed by atoms with Crippen LogP contribution in [0.1, 0.15) is 18.4 Å². The molecular weight excluding hydrogens is 408 g/mol. The summed E-state index contributed by atoms with van der Waals surface area (Å²) in [5, 5.41) is 17.3. The molecule has 1 aliphatic heterocycles. The highest BCUT2D eigenvalue weighted by molar-refractivity contribution is 5.81. The van der Waals surface area contributed by atoms with Crippen molar-refractivity contribution in [1.29, 1.82) is 0 Å². The summed E-state index contributed by atoms with van der Waals surface area (Å²) in [6.45, 7) is 2.67. The molecule has 1 fully saturated rings. The Kier molecular flexibility index (Phi) is 6.64. The second kappa shape index (κ2) is 9.77. The van der Waals surface area contributed by atoms with Gasteiger partial charge in [-0.25, -0.2) is 9.67 Å². The third kappa shape index (κ3) is 5.05. The van der Waals surface area contributed by atoms with Gasteiger partial charge in [0.2, 0.25) is 5.91 Å². The number of likely N-dealkylation sites (tertiary alicyclic amines) is 1. The number of carbonyl (C=O) groups is 1. The van der Waals surface area contributed by atoms with E-state index in [9.17, 15) is 4.79 Å². The minimum absolute atomic E-state index is 0.0359. The fraction of sp³-hybridized carbons (Fsp3) is 0.476. The maximum absolute atomic E-state index is 12.5. The first-order valence-electron chi connectivity index (χ1n) is 10.8. The fourth-order valence-electron chi connectivity index (χ4n) is 3.93. The Labute approximate surface area is 186 Å². The van der Waals surface area contributed by atoms with Crippen molar-refractivity contribution < 1.29 is 4.79 Å². The van der Waals surface area contributed by atoms with Crippen LogP contribution in [0.5, 0.6) is 0 Å². The molecule has 0 atom stereocenters. The number of aromatic nitrogens is 5. The SMILES string of the molecule is CN=C(NC)NC1CCN(CC(=O)NCc2ccc3nc(-c4cnnn4C)[nH]c3c2)CC1. The van der Waals surface area contributed by atoms with Crippen molar-refractivity contribution in [3.05, 3.63) is 30.0 Å². The third-order valence-corrected chi connectivity index (χ3v) is 5.75. The summed E-state index contributed by atoms with van der Waals surface area (Å²) in [6, 6.07) is 6.34. The number of aliphatic imine (C=N–C) groups is 1. The molecule has 4 N–H and O–H groups in total. The summed E-state index contributed by atoms with van der Waals surface area (Å²) in [5.41, 5.74) is 3.62. The van der Waals surface area contributed by atoms with Gasteiger partial charge < -0.3 is 20.9 Å². The fourth-order valence-corrected chi connectivity index (χ4v) is 3.93. The lowest BCUT2D eigenvalue weighted by Gasteiger charge is -2.32. The molecule has 0 radical (unpaired) electrons. The molecule has 1 aliphatic rings. The van der Waals surface area contributed by atoms with Crippen LogP contribution in [0.4, 0.5) is 0 Å². The molecule has 0 spiro atoms. The molecule has 2 aromatic heterocycles. The van der Waals surface area contributed by atoms with E-state index in [4.69, 9.17) is 0 Å². The number of guanidine groups is 1. The van der Waals surface area contributed by atoms with Gasteiger partial charge in [-0.05, 0) is 30.5 Å². The number of imidazole rings is 1. The van der Waals surface area contributed by atoms with Gasteiger partial charge in [0.05, 0.1) is 23.8 Å². The molecule has 0 unspecified atom stereocenters. The normalized spacial score (nSPS) is 15.8. The summed E-state index contributed by atoms with van der Waals surface area (Å²) in [4.78, 5) is 26.7. The first-order chi connectivity index (χ1) is 15.6. The summed E-state index contributed by atoms with van der Waals surface area (Å²) in [5.74, 6) is 1.56. The van der Waals surface area contributed by atoms with Crippen molar-refractivity contribution in [2.24, 2.45) is 12.0 Å². The van der Waals surface area contributed by atoms with E-state index in [0.717, 1.165) is 60.0 Å². The minimum Gasteiger partial charge on any atom is -0.359 e. The number of aryl methyl sites for hydroxylation is 1. The average molecular weight is 439 g/mol. The van der Waals surface area contributed by atoms with Crippen LogP contribution in [0.3, 0.4) is 0 Å². The zero-order chi connectivity index (χ0) is 22.5. The number of carbonyl (C=O) groups excluding carboxylic acids is 1. The first-order valence-corrected chi connectivity index (χ1v) is 10.8. The number of nitrogens with one attached hydrogen (secondary N) is 4. The van der Waals surface area contributed by atoms with Crippen LogP contribution in [-0.4, -0.2) is 81.5 Å². The van der Waals surface area contributed by atoms with E-state index in [1.807, 2.05) is 32.3 Å². The van der Waals surface area contributed by atoms with Crippen LogP contribution in [0, 0.1) is 0 Å². The van der Waals surface area contributed by atoms with E-state index in [1.54, 1.807) is 17.9 Å². The van der Waals surface area contributed by atoms with Crippen LogP contribution < -0.4 is 16.0 Å². The number of piperidine rings is 1. The molecule has 170 valence electrons. The Morgan fingerprint density at radius 2 is 2.12 bits per heavy atom. The summed E-state index contributed by atoms with van der Waals surface area (Å²) >= 11 is 0. The Morgan fingerprint density at radius 3 is 2.81 bits per heavy atom. The van der Waals surface area contributed by atoms with Crippen molar-refractivity contribution in [2.75, 3.05) is 33.7 Å². The van der Waals surface area contributed by atoms with Gasteiger partial charge in [0.1, 0.15) is 5.69 Å². The summed E-state index contributed by atoms with van der Waals surface area (Å²) in [6.07, 6.45) is 3.65. The van der Waals surface area contributed by atoms with Crippen molar-refractivity contribution >= 4 is 22.9 Å². The molecular formula is C21H30N10O. The molecule has 1 aromatic carbocycles. The third-order valence-electron chi connectivity index (χ3n) is 5.75. The lowest BCUT2D eigenvalue weighted by atomic mass is 10.1. The number of rotatable bonds is 6. The maximum atomic E-state index is 12.5. The van der Waals surface area contributed by atoms with Gasteiger partial charge in [-0.3, -0.25) is 14.7 Å². The predicted molar refractivity (Wildman–Crippen MR) is 123 cm³/mol. The number of hydrogen-bond acceptors (Lipinski definition) is 6. The monoisotopic (exact) mass is 438 g/mol. The van der Waals surface area contributed by atoms with Crippen LogP contribution >= 0.6 is 0 Å². The van der Waals surface area contributed by atoms with Crippen LogP contribution in [0.15, 0.2) is 29.4 Å². The Bertz CT molecular complexity index is 1090. The molecule has 1 saturated heterocycles. The van der Waals surface area contributed by atoms with Crippen LogP contribution in [-0.2, 0) is 18.4 Å². The van der Waals surface area contributed by atoms with Crippen LogP contribution in [0.25, 0.3) is 22.6 Å². The summed E-state index contributed by atoms with van der Waals surface area (Å²) in [7, 11) is 5.45. The second-order valence-electron chi connectivity index (χ2n) is 7.97. The van der Waals surface area contributed by atoms with Gasteiger partial charge in [-0.1, -0.05) is 11.3 Å². The number of benzene rings is 1. The highest BCUT2D eigenvalue weighted by Gasteiger charge is 2.21. The average Bonchev–Trinajstić information content (AvgIpc) is 3.42. The second-order valence-corrected chi connectivity index (χ2v) is 7.97. The number of nitrogens with zero attached hydrogens (tertiary/aromatic N) is 6. The predicted octanol–water partition coefficient (Wildman–Crippen LogP) is 0.234. The molecule has 32 heavy (non-hydrogen) atoms. The Hall–Kier alpha value is -3.47. The van der Waals surface area contributed by atoms with Gasteiger partial charge >= 0.3 is 0 Å². The highest BCUT2D eigenvalue weighted by atomic mass is 16.2. The number of H-pyrrole nitrogens is 1. The van der Waals surface area contributed by atoms with E-state index in [-0.39, 0.29) is 5.91 Å². The molecule has 3 heterocycles. The largest absolute Gasteiger partial charge is 0.359 e. The van der Waals surface area contributed by atoms with Crippen molar-refractivity contribution in [1.82, 2.24) is 45.8 Å². The smallest absolute Gasteiger partial charge is 0.234 e. The van der Waals surface area contributed by atoms with Gasteiger partial charge in [-0.15, -0.1) is 5.10 Å².